The van der Waals surface area contributed by atoms with E-state index >= 15 is 0 Å². The molecule has 0 saturated carbocycles. The van der Waals surface area contributed by atoms with E-state index < -0.39 is 5.97 Å². The van der Waals surface area contributed by atoms with Gasteiger partial charge in [-0.3, -0.25) is 4.79 Å². The van der Waals surface area contributed by atoms with Gasteiger partial charge in [0.25, 0.3) is 5.91 Å². The quantitative estimate of drug-likeness (QED) is 0.844. The first kappa shape index (κ1) is 14.5. The molecule has 0 radical (unpaired) electrons. The van der Waals surface area contributed by atoms with Crippen LogP contribution in [-0.4, -0.2) is 17.0 Å². The van der Waals surface area contributed by atoms with Gasteiger partial charge in [0, 0.05) is 5.57 Å². The number of benzene rings is 2. The average Bonchev–Trinajstić information content (AvgIpc) is 2.48. The first-order valence-electron chi connectivity index (χ1n) is 6.45. The molecule has 2 N–H and O–H groups in total. The number of aromatic carboxylic acids is 1. The third-order valence-corrected chi connectivity index (χ3v) is 2.95. The van der Waals surface area contributed by atoms with Crippen molar-refractivity contribution >= 4 is 23.6 Å². The molecule has 2 aromatic rings. The van der Waals surface area contributed by atoms with Gasteiger partial charge in [0.05, 0.1) is 11.3 Å². The van der Waals surface area contributed by atoms with E-state index in [1.165, 1.54) is 6.07 Å². The summed E-state index contributed by atoms with van der Waals surface area (Å²) >= 11 is 0. The van der Waals surface area contributed by atoms with Crippen molar-refractivity contribution in [1.29, 1.82) is 0 Å². The molecular formula is C17H15NO3. The third kappa shape index (κ3) is 3.79. The van der Waals surface area contributed by atoms with Gasteiger partial charge < -0.3 is 10.4 Å². The summed E-state index contributed by atoms with van der Waals surface area (Å²) in [5.74, 6) is -1.40. The Hall–Kier alpha value is -2.88. The molecule has 0 unspecified atom stereocenters. The van der Waals surface area contributed by atoms with Crippen molar-refractivity contribution in [3.63, 3.8) is 0 Å². The zero-order chi connectivity index (χ0) is 15.2. The molecule has 0 bridgehead atoms. The lowest BCUT2D eigenvalue weighted by Crippen LogP contribution is -2.15. The van der Waals surface area contributed by atoms with Crippen LogP contribution in [0.5, 0.6) is 0 Å². The summed E-state index contributed by atoms with van der Waals surface area (Å²) in [6.07, 6.45) is 1.75. The molecule has 0 spiro atoms. The van der Waals surface area contributed by atoms with Crippen molar-refractivity contribution in [3.05, 3.63) is 71.3 Å². The van der Waals surface area contributed by atoms with Crippen LogP contribution in [0, 0.1) is 0 Å². The minimum Gasteiger partial charge on any atom is -0.478 e. The van der Waals surface area contributed by atoms with Crippen LogP contribution in [0.1, 0.15) is 22.8 Å². The summed E-state index contributed by atoms with van der Waals surface area (Å²) in [7, 11) is 0. The number of carboxylic acids is 1. The van der Waals surface area contributed by atoms with E-state index in [1.54, 1.807) is 31.2 Å². The largest absolute Gasteiger partial charge is 0.478 e. The maximum absolute atomic E-state index is 12.1. The van der Waals surface area contributed by atoms with Crippen LogP contribution in [0.25, 0.3) is 6.08 Å². The van der Waals surface area contributed by atoms with Crippen molar-refractivity contribution in [2.24, 2.45) is 0 Å². The molecule has 2 aromatic carbocycles. The van der Waals surface area contributed by atoms with Gasteiger partial charge in [0.1, 0.15) is 0 Å². The van der Waals surface area contributed by atoms with Crippen molar-refractivity contribution in [1.82, 2.24) is 0 Å². The fraction of sp³-hybridized carbons (Fsp3) is 0.0588. The summed E-state index contributed by atoms with van der Waals surface area (Å²) in [5.41, 5.74) is 1.77. The van der Waals surface area contributed by atoms with E-state index in [0.717, 1.165) is 5.56 Å². The molecule has 2 rings (SSSR count). The normalized spacial score (nSPS) is 11.0. The lowest BCUT2D eigenvalue weighted by molar-refractivity contribution is -0.112. The number of nitrogens with one attached hydrogen (secondary N) is 1. The molecule has 0 atom stereocenters. The Morgan fingerprint density at radius 3 is 2.29 bits per heavy atom. The standard InChI is InChI=1S/C17H15NO3/c1-12(11-13-7-3-2-4-8-13)16(19)18-15-10-6-5-9-14(15)17(20)21/h2-11H,1H3,(H,18,19)(H,20,21)/b12-11-. The number of hydrogen-bond donors (Lipinski definition) is 2. The van der Waals surface area contributed by atoms with Crippen LogP contribution < -0.4 is 5.32 Å². The van der Waals surface area contributed by atoms with Gasteiger partial charge >= 0.3 is 5.97 Å². The Morgan fingerprint density at radius 1 is 1.00 bits per heavy atom. The molecule has 21 heavy (non-hydrogen) atoms. The van der Waals surface area contributed by atoms with Gasteiger partial charge in [-0.15, -0.1) is 0 Å². The summed E-state index contributed by atoms with van der Waals surface area (Å²) in [6, 6.07) is 15.8. The number of hydrogen-bond acceptors (Lipinski definition) is 2. The SMILES string of the molecule is C/C(=C/c1ccccc1)C(=O)Nc1ccccc1C(=O)O. The molecule has 106 valence electrons. The Morgan fingerprint density at radius 2 is 1.62 bits per heavy atom. The Kier molecular flexibility index (Phi) is 4.51. The number of amides is 1. The van der Waals surface area contributed by atoms with Crippen molar-refractivity contribution in [2.45, 2.75) is 6.92 Å². The van der Waals surface area contributed by atoms with Crippen LogP contribution >= 0.6 is 0 Å². The van der Waals surface area contributed by atoms with Crippen LogP contribution in [-0.2, 0) is 4.79 Å². The summed E-state index contributed by atoms with van der Waals surface area (Å²) < 4.78 is 0. The Labute approximate surface area is 122 Å². The minimum absolute atomic E-state index is 0.0679. The van der Waals surface area contributed by atoms with Crippen molar-refractivity contribution in [2.75, 3.05) is 5.32 Å². The summed E-state index contributed by atoms with van der Waals surface area (Å²) in [4.78, 5) is 23.2. The lowest BCUT2D eigenvalue weighted by Gasteiger charge is -2.08. The number of anilines is 1. The summed E-state index contributed by atoms with van der Waals surface area (Å²) in [6.45, 7) is 1.69. The Balaban J connectivity index is 2.19. The monoisotopic (exact) mass is 281 g/mol. The second kappa shape index (κ2) is 6.52. The smallest absolute Gasteiger partial charge is 0.337 e. The van der Waals surface area contributed by atoms with Crippen LogP contribution in [0.15, 0.2) is 60.2 Å². The molecule has 4 nitrogen and oxygen atoms in total. The number of carbonyl (C=O) groups is 2. The van der Waals surface area contributed by atoms with Gasteiger partial charge in [0.2, 0.25) is 0 Å². The predicted molar refractivity (Wildman–Crippen MR) is 82.1 cm³/mol. The minimum atomic E-state index is -1.07. The topological polar surface area (TPSA) is 66.4 Å². The first-order valence-corrected chi connectivity index (χ1v) is 6.45. The van der Waals surface area contributed by atoms with Crippen molar-refractivity contribution in [3.8, 4) is 0 Å². The van der Waals surface area contributed by atoms with Gasteiger partial charge in [-0.2, -0.15) is 0 Å². The van der Waals surface area contributed by atoms with Gasteiger partial charge in [-0.1, -0.05) is 42.5 Å². The van der Waals surface area contributed by atoms with Gasteiger partial charge in [0.15, 0.2) is 0 Å². The van der Waals surface area contributed by atoms with Gasteiger partial charge in [-0.25, -0.2) is 4.79 Å². The molecule has 0 saturated heterocycles. The molecule has 0 aliphatic heterocycles. The molecule has 0 aliphatic rings. The number of carboxylic acid groups (broad SMARTS) is 1. The Bertz CT molecular complexity index is 690. The van der Waals surface area contributed by atoms with E-state index in [4.69, 9.17) is 5.11 Å². The van der Waals surface area contributed by atoms with Gasteiger partial charge in [-0.05, 0) is 30.7 Å². The zero-order valence-corrected chi connectivity index (χ0v) is 11.5. The number of carbonyl (C=O) groups excluding carboxylic acids is 1. The molecule has 0 aliphatic carbocycles. The van der Waals surface area contributed by atoms with E-state index in [1.807, 2.05) is 30.3 Å². The second-order valence-electron chi connectivity index (χ2n) is 4.54. The first-order chi connectivity index (χ1) is 10.1. The average molecular weight is 281 g/mol. The van der Waals surface area contributed by atoms with E-state index in [-0.39, 0.29) is 17.2 Å². The molecule has 4 heteroatoms. The molecule has 0 heterocycles. The van der Waals surface area contributed by atoms with Crippen LogP contribution in [0.3, 0.4) is 0 Å². The highest BCUT2D eigenvalue weighted by molar-refractivity contribution is 6.09. The fourth-order valence-electron chi connectivity index (χ4n) is 1.86. The molecule has 1 amide bonds. The maximum Gasteiger partial charge on any atom is 0.337 e. The fourth-order valence-corrected chi connectivity index (χ4v) is 1.86. The highest BCUT2D eigenvalue weighted by atomic mass is 16.4. The second-order valence-corrected chi connectivity index (χ2v) is 4.54. The molecule has 0 aromatic heterocycles. The molecular weight excluding hydrogens is 266 g/mol. The lowest BCUT2D eigenvalue weighted by atomic mass is 10.1. The number of rotatable bonds is 4. The van der Waals surface area contributed by atoms with E-state index in [0.29, 0.717) is 5.57 Å². The predicted octanol–water partition coefficient (Wildman–Crippen LogP) is 3.43. The highest BCUT2D eigenvalue weighted by Gasteiger charge is 2.12. The maximum atomic E-state index is 12.1. The number of para-hydroxylation sites is 1. The van der Waals surface area contributed by atoms with Crippen LogP contribution in [0.4, 0.5) is 5.69 Å². The highest BCUT2D eigenvalue weighted by Crippen LogP contribution is 2.16. The zero-order valence-electron chi connectivity index (χ0n) is 11.5. The third-order valence-electron chi connectivity index (χ3n) is 2.95. The van der Waals surface area contributed by atoms with E-state index in [9.17, 15) is 9.59 Å². The van der Waals surface area contributed by atoms with Crippen molar-refractivity contribution < 1.29 is 14.7 Å². The summed E-state index contributed by atoms with van der Waals surface area (Å²) in [5, 5.41) is 11.7. The molecule has 0 fully saturated rings. The van der Waals surface area contributed by atoms with E-state index in [2.05, 4.69) is 5.32 Å². The van der Waals surface area contributed by atoms with Crippen LogP contribution in [0.2, 0.25) is 0 Å².